The van der Waals surface area contributed by atoms with Crippen molar-refractivity contribution in [3.05, 3.63) is 35.9 Å². The number of morpholine rings is 1. The molecule has 2 fully saturated rings. The van der Waals surface area contributed by atoms with Gasteiger partial charge in [-0.3, -0.25) is 14.5 Å². The highest BCUT2D eigenvalue weighted by molar-refractivity contribution is 5.97. The predicted molar refractivity (Wildman–Crippen MR) is 110 cm³/mol. The van der Waals surface area contributed by atoms with Gasteiger partial charge in [-0.25, -0.2) is 0 Å². The number of ether oxygens (including phenoxy) is 1. The minimum Gasteiger partial charge on any atom is -0.373 e. The van der Waals surface area contributed by atoms with E-state index in [1.54, 1.807) is 0 Å². The van der Waals surface area contributed by atoms with Crippen LogP contribution in [0.2, 0.25) is 0 Å². The van der Waals surface area contributed by atoms with Gasteiger partial charge in [-0.1, -0.05) is 30.3 Å². The number of rotatable bonds is 7. The molecule has 0 N–H and O–H groups in total. The fourth-order valence-corrected chi connectivity index (χ4v) is 4.45. The third kappa shape index (κ3) is 6.14. The summed E-state index contributed by atoms with van der Waals surface area (Å²) in [4.78, 5) is 29.1. The molecule has 154 valence electrons. The van der Waals surface area contributed by atoms with Gasteiger partial charge in [0.1, 0.15) is 0 Å². The van der Waals surface area contributed by atoms with Crippen LogP contribution in [-0.4, -0.2) is 66.4 Å². The molecule has 1 aromatic carbocycles. The first-order valence-electron chi connectivity index (χ1n) is 10.7. The second-order valence-corrected chi connectivity index (χ2v) is 8.42. The molecule has 2 aliphatic rings. The van der Waals surface area contributed by atoms with Crippen LogP contribution in [0.4, 0.5) is 0 Å². The average Bonchev–Trinajstić information content (AvgIpc) is 2.70. The van der Waals surface area contributed by atoms with Crippen molar-refractivity contribution in [3.63, 3.8) is 0 Å². The fraction of sp³-hybridized carbons (Fsp3) is 0.652. The van der Waals surface area contributed by atoms with Crippen molar-refractivity contribution < 1.29 is 14.3 Å². The van der Waals surface area contributed by atoms with Crippen LogP contribution in [0.1, 0.15) is 56.3 Å². The Morgan fingerprint density at radius 2 is 1.64 bits per heavy atom. The molecule has 0 aromatic heterocycles. The second-order valence-electron chi connectivity index (χ2n) is 8.42. The Bertz CT molecular complexity index is 631. The predicted octanol–water partition coefficient (Wildman–Crippen LogP) is 3.39. The third-order valence-electron chi connectivity index (χ3n) is 5.98. The topological polar surface area (TPSA) is 49.9 Å². The van der Waals surface area contributed by atoms with Crippen LogP contribution in [0.5, 0.6) is 0 Å². The van der Waals surface area contributed by atoms with Gasteiger partial charge in [-0.2, -0.15) is 0 Å². The molecule has 2 heterocycles. The maximum atomic E-state index is 12.5. The second kappa shape index (κ2) is 10.2. The van der Waals surface area contributed by atoms with Crippen molar-refractivity contribution >= 4 is 11.7 Å². The lowest BCUT2D eigenvalue weighted by atomic mass is 9.93. The summed E-state index contributed by atoms with van der Waals surface area (Å²) in [6.07, 6.45) is 4.62. The van der Waals surface area contributed by atoms with E-state index in [1.807, 2.05) is 35.2 Å². The van der Waals surface area contributed by atoms with Crippen molar-refractivity contribution in [1.29, 1.82) is 0 Å². The van der Waals surface area contributed by atoms with Crippen LogP contribution in [-0.2, 0) is 9.53 Å². The zero-order valence-corrected chi connectivity index (χ0v) is 17.3. The van der Waals surface area contributed by atoms with E-state index in [0.717, 1.165) is 45.6 Å². The minimum absolute atomic E-state index is 0.0535. The van der Waals surface area contributed by atoms with Gasteiger partial charge in [-0.05, 0) is 45.6 Å². The maximum Gasteiger partial charge on any atom is 0.223 e. The molecule has 0 unspecified atom stereocenters. The molecule has 2 saturated heterocycles. The first-order valence-corrected chi connectivity index (χ1v) is 10.7. The summed E-state index contributed by atoms with van der Waals surface area (Å²) in [5.41, 5.74) is 0.695. The van der Waals surface area contributed by atoms with Gasteiger partial charge in [0.2, 0.25) is 5.91 Å². The average molecular weight is 387 g/mol. The lowest BCUT2D eigenvalue weighted by Gasteiger charge is -2.37. The third-order valence-corrected chi connectivity index (χ3v) is 5.98. The molecule has 28 heavy (non-hydrogen) atoms. The normalized spacial score (nSPS) is 24.3. The summed E-state index contributed by atoms with van der Waals surface area (Å²) in [5.74, 6) is 0.875. The van der Waals surface area contributed by atoms with E-state index in [4.69, 9.17) is 4.74 Å². The Morgan fingerprint density at radius 1 is 1.00 bits per heavy atom. The molecule has 0 aliphatic carbocycles. The summed E-state index contributed by atoms with van der Waals surface area (Å²) >= 11 is 0. The largest absolute Gasteiger partial charge is 0.373 e. The number of hydrogen-bond acceptors (Lipinski definition) is 4. The lowest BCUT2D eigenvalue weighted by molar-refractivity contribution is -0.132. The fourth-order valence-electron chi connectivity index (χ4n) is 4.45. The maximum absolute atomic E-state index is 12.5. The number of piperidine rings is 1. The number of carbonyl (C=O) groups is 2. The standard InChI is InChI=1S/C23H34N2O3/c1-18-16-24(17-19(2)28-18)13-10-20-11-14-25(15-12-20)23(27)9-8-22(26)21-6-4-3-5-7-21/h3-7,18-20H,8-17H2,1-2H3/t18-,19+. The Morgan fingerprint density at radius 3 is 2.29 bits per heavy atom. The Kier molecular flexibility index (Phi) is 7.63. The Balaban J connectivity index is 1.34. The van der Waals surface area contributed by atoms with Crippen molar-refractivity contribution in [3.8, 4) is 0 Å². The molecule has 2 aliphatic heterocycles. The SMILES string of the molecule is C[C@@H]1CN(CCC2CCN(C(=O)CCC(=O)c3ccccc3)CC2)C[C@H](C)O1. The number of benzene rings is 1. The van der Waals surface area contributed by atoms with E-state index < -0.39 is 0 Å². The Hall–Kier alpha value is -1.72. The van der Waals surface area contributed by atoms with Crippen LogP contribution in [0, 0.1) is 5.92 Å². The number of carbonyl (C=O) groups excluding carboxylic acids is 2. The summed E-state index contributed by atoms with van der Waals surface area (Å²) in [6.45, 7) is 9.14. The molecule has 5 heteroatoms. The van der Waals surface area contributed by atoms with Gasteiger partial charge in [0.15, 0.2) is 5.78 Å². The van der Waals surface area contributed by atoms with Gasteiger partial charge in [0, 0.05) is 44.6 Å². The highest BCUT2D eigenvalue weighted by Gasteiger charge is 2.26. The summed E-state index contributed by atoms with van der Waals surface area (Å²) < 4.78 is 5.81. The van der Waals surface area contributed by atoms with E-state index in [9.17, 15) is 9.59 Å². The number of ketones is 1. The van der Waals surface area contributed by atoms with Crippen LogP contribution >= 0.6 is 0 Å². The van der Waals surface area contributed by atoms with Crippen LogP contribution in [0.15, 0.2) is 30.3 Å². The monoisotopic (exact) mass is 386 g/mol. The molecule has 1 amide bonds. The molecule has 0 spiro atoms. The van der Waals surface area contributed by atoms with Gasteiger partial charge in [-0.15, -0.1) is 0 Å². The Labute approximate surface area is 169 Å². The van der Waals surface area contributed by atoms with Crippen molar-refractivity contribution in [2.75, 3.05) is 32.7 Å². The zero-order chi connectivity index (χ0) is 19.9. The van der Waals surface area contributed by atoms with Crippen LogP contribution in [0.3, 0.4) is 0 Å². The molecule has 1 aromatic rings. The van der Waals surface area contributed by atoms with Gasteiger partial charge < -0.3 is 9.64 Å². The molecular weight excluding hydrogens is 352 g/mol. The lowest BCUT2D eigenvalue weighted by Crippen LogP contribution is -2.46. The summed E-state index contributed by atoms with van der Waals surface area (Å²) in [7, 11) is 0. The summed E-state index contributed by atoms with van der Waals surface area (Å²) in [6, 6.07) is 9.24. The van der Waals surface area contributed by atoms with E-state index in [2.05, 4.69) is 18.7 Å². The number of hydrogen-bond donors (Lipinski definition) is 0. The molecular formula is C23H34N2O3. The number of nitrogens with zero attached hydrogens (tertiary/aromatic N) is 2. The van der Waals surface area contributed by atoms with Gasteiger partial charge in [0.05, 0.1) is 12.2 Å². The summed E-state index contributed by atoms with van der Waals surface area (Å²) in [5, 5.41) is 0. The molecule has 0 bridgehead atoms. The minimum atomic E-state index is 0.0535. The van der Waals surface area contributed by atoms with E-state index in [1.165, 1.54) is 6.42 Å². The van der Waals surface area contributed by atoms with E-state index >= 15 is 0 Å². The van der Waals surface area contributed by atoms with Crippen LogP contribution < -0.4 is 0 Å². The molecule has 0 saturated carbocycles. The first-order chi connectivity index (χ1) is 13.5. The first kappa shape index (κ1) is 21.0. The van der Waals surface area contributed by atoms with Gasteiger partial charge >= 0.3 is 0 Å². The van der Waals surface area contributed by atoms with Crippen molar-refractivity contribution in [2.24, 2.45) is 5.92 Å². The molecule has 2 atom stereocenters. The number of amides is 1. The number of Topliss-reactive ketones (excluding diaryl/α,β-unsaturated/α-hetero) is 1. The zero-order valence-electron chi connectivity index (χ0n) is 17.3. The van der Waals surface area contributed by atoms with Crippen LogP contribution in [0.25, 0.3) is 0 Å². The molecule has 5 nitrogen and oxygen atoms in total. The van der Waals surface area contributed by atoms with Crippen molar-refractivity contribution in [2.45, 2.75) is 58.2 Å². The smallest absolute Gasteiger partial charge is 0.223 e. The molecule has 0 radical (unpaired) electrons. The quantitative estimate of drug-likeness (QED) is 0.674. The van der Waals surface area contributed by atoms with E-state index in [0.29, 0.717) is 36.5 Å². The highest BCUT2D eigenvalue weighted by atomic mass is 16.5. The number of likely N-dealkylation sites (tertiary alicyclic amines) is 1. The molecule has 3 rings (SSSR count). The highest BCUT2D eigenvalue weighted by Crippen LogP contribution is 2.23. The van der Waals surface area contributed by atoms with Crippen molar-refractivity contribution in [1.82, 2.24) is 9.80 Å². The van der Waals surface area contributed by atoms with Gasteiger partial charge in [0.25, 0.3) is 0 Å². The van der Waals surface area contributed by atoms with E-state index in [-0.39, 0.29) is 11.7 Å².